The lowest BCUT2D eigenvalue weighted by atomic mass is 9.83. The standard InChI is InChI=1S/C9H12N2O5S/c10-17(15,16)11-8(12)6-4-1-2-5(3-4)7(6)9(13)14/h1-2,4-7H,3H2,(H,11,12)(H,13,14)(H2,10,15,16)/p-1/t4-,5-,6+,7-/m0/s1. The van der Waals surface area contributed by atoms with Gasteiger partial charge in [0.2, 0.25) is 5.91 Å². The summed E-state index contributed by atoms with van der Waals surface area (Å²) in [4.78, 5) is 22.6. The minimum atomic E-state index is -4.16. The zero-order chi connectivity index (χ0) is 12.8. The van der Waals surface area contributed by atoms with E-state index >= 15 is 0 Å². The zero-order valence-electron chi connectivity index (χ0n) is 8.70. The summed E-state index contributed by atoms with van der Waals surface area (Å²) in [6.45, 7) is 0. The van der Waals surface area contributed by atoms with Crippen LogP contribution in [0.2, 0.25) is 0 Å². The Kier molecular flexibility index (Phi) is 2.70. The summed E-state index contributed by atoms with van der Waals surface area (Å²) in [6, 6.07) is 0. The number of allylic oxidation sites excluding steroid dienone is 2. The second-order valence-electron chi connectivity index (χ2n) is 4.33. The minimum Gasteiger partial charge on any atom is -0.550 e. The van der Waals surface area contributed by atoms with E-state index < -0.39 is 33.9 Å². The van der Waals surface area contributed by atoms with Crippen LogP contribution in [0.5, 0.6) is 0 Å². The van der Waals surface area contributed by atoms with Crippen molar-refractivity contribution in [3.8, 4) is 0 Å². The molecular weight excluding hydrogens is 248 g/mol. The van der Waals surface area contributed by atoms with Crippen molar-refractivity contribution >= 4 is 22.1 Å². The van der Waals surface area contributed by atoms with Crippen LogP contribution in [-0.2, 0) is 19.8 Å². The van der Waals surface area contributed by atoms with Gasteiger partial charge in [-0.15, -0.1) is 0 Å². The summed E-state index contributed by atoms with van der Waals surface area (Å²) in [7, 11) is -4.16. The number of hydrogen-bond donors (Lipinski definition) is 2. The molecule has 0 aliphatic heterocycles. The molecule has 2 rings (SSSR count). The summed E-state index contributed by atoms with van der Waals surface area (Å²) < 4.78 is 23.1. The van der Waals surface area contributed by atoms with Gasteiger partial charge in [0.25, 0.3) is 10.2 Å². The highest BCUT2D eigenvalue weighted by molar-refractivity contribution is 7.87. The van der Waals surface area contributed by atoms with Gasteiger partial charge in [-0.05, 0) is 18.3 Å². The van der Waals surface area contributed by atoms with Gasteiger partial charge in [0.05, 0.1) is 5.92 Å². The first-order valence-corrected chi connectivity index (χ1v) is 6.58. The zero-order valence-corrected chi connectivity index (χ0v) is 9.51. The van der Waals surface area contributed by atoms with Gasteiger partial charge in [0, 0.05) is 11.9 Å². The molecule has 0 radical (unpaired) electrons. The third-order valence-electron chi connectivity index (χ3n) is 3.28. The van der Waals surface area contributed by atoms with E-state index in [2.05, 4.69) is 5.14 Å². The number of carbonyl (C=O) groups is 2. The Bertz CT molecular complexity index is 498. The Hall–Kier alpha value is -1.41. The van der Waals surface area contributed by atoms with Gasteiger partial charge in [-0.3, -0.25) is 4.79 Å². The minimum absolute atomic E-state index is 0.260. The van der Waals surface area contributed by atoms with Crippen molar-refractivity contribution in [3.05, 3.63) is 12.2 Å². The quantitative estimate of drug-likeness (QED) is 0.541. The van der Waals surface area contributed by atoms with Crippen molar-refractivity contribution in [2.24, 2.45) is 28.8 Å². The summed E-state index contributed by atoms with van der Waals surface area (Å²) >= 11 is 0. The van der Waals surface area contributed by atoms with Crippen molar-refractivity contribution in [1.82, 2.24) is 4.72 Å². The van der Waals surface area contributed by atoms with Gasteiger partial charge >= 0.3 is 0 Å². The SMILES string of the molecule is NS(=O)(=O)NC(=O)[C@H]1[C@@H](C(=O)[O-])[C@H]2C=C[C@H]1C2. The fraction of sp³-hybridized carbons (Fsp3) is 0.556. The van der Waals surface area contributed by atoms with E-state index in [4.69, 9.17) is 0 Å². The molecule has 8 heteroatoms. The number of rotatable bonds is 3. The lowest BCUT2D eigenvalue weighted by Crippen LogP contribution is -2.47. The maximum Gasteiger partial charge on any atom is 0.298 e. The Morgan fingerprint density at radius 1 is 1.24 bits per heavy atom. The lowest BCUT2D eigenvalue weighted by Gasteiger charge is -2.27. The van der Waals surface area contributed by atoms with E-state index in [-0.39, 0.29) is 11.8 Å². The molecular formula is C9H11N2O5S-. The second kappa shape index (κ2) is 3.81. The number of carboxylic acids is 1. The second-order valence-corrected chi connectivity index (χ2v) is 5.62. The van der Waals surface area contributed by atoms with E-state index in [1.807, 2.05) is 0 Å². The average Bonchev–Trinajstić information content (AvgIpc) is 2.72. The Morgan fingerprint density at radius 2 is 1.76 bits per heavy atom. The summed E-state index contributed by atoms with van der Waals surface area (Å²) in [5.74, 6) is -4.64. The summed E-state index contributed by atoms with van der Waals surface area (Å²) in [5.41, 5.74) is 0. The lowest BCUT2D eigenvalue weighted by molar-refractivity contribution is -0.313. The molecule has 2 bridgehead atoms. The monoisotopic (exact) mass is 259 g/mol. The van der Waals surface area contributed by atoms with Crippen LogP contribution in [-0.4, -0.2) is 20.3 Å². The fourth-order valence-corrected chi connectivity index (χ4v) is 3.13. The molecule has 4 atom stereocenters. The van der Waals surface area contributed by atoms with E-state index in [1.54, 1.807) is 16.9 Å². The highest BCUT2D eigenvalue weighted by Gasteiger charge is 2.49. The van der Waals surface area contributed by atoms with Crippen LogP contribution >= 0.6 is 0 Å². The molecule has 2 aliphatic carbocycles. The first-order valence-electron chi connectivity index (χ1n) is 5.03. The predicted octanol–water partition coefficient (Wildman–Crippen LogP) is -2.51. The molecule has 7 nitrogen and oxygen atoms in total. The Morgan fingerprint density at radius 3 is 2.24 bits per heavy atom. The smallest absolute Gasteiger partial charge is 0.298 e. The van der Waals surface area contributed by atoms with Crippen molar-refractivity contribution in [2.75, 3.05) is 0 Å². The van der Waals surface area contributed by atoms with Gasteiger partial charge in [-0.25, -0.2) is 9.86 Å². The average molecular weight is 259 g/mol. The third-order valence-corrected chi connectivity index (χ3v) is 3.76. The molecule has 1 fully saturated rings. The van der Waals surface area contributed by atoms with E-state index in [9.17, 15) is 23.1 Å². The van der Waals surface area contributed by atoms with E-state index in [0.29, 0.717) is 6.42 Å². The summed E-state index contributed by atoms with van der Waals surface area (Å²) in [5, 5.41) is 15.6. The fourth-order valence-electron chi connectivity index (χ4n) is 2.71. The Balaban J connectivity index is 2.23. The Labute approximate surface area is 97.9 Å². The number of aliphatic carboxylic acids is 1. The maximum atomic E-state index is 11.7. The maximum absolute atomic E-state index is 11.7. The highest BCUT2D eigenvalue weighted by atomic mass is 32.2. The largest absolute Gasteiger partial charge is 0.550 e. The number of amides is 1. The molecule has 0 saturated heterocycles. The van der Waals surface area contributed by atoms with E-state index in [0.717, 1.165) is 0 Å². The van der Waals surface area contributed by atoms with Crippen molar-refractivity contribution < 1.29 is 23.1 Å². The molecule has 2 aliphatic rings. The topological polar surface area (TPSA) is 129 Å². The number of nitrogens with two attached hydrogens (primary N) is 1. The van der Waals surface area contributed by atoms with Gasteiger partial charge in [0.15, 0.2) is 0 Å². The predicted molar refractivity (Wildman–Crippen MR) is 54.0 cm³/mol. The van der Waals surface area contributed by atoms with Crippen molar-refractivity contribution in [1.29, 1.82) is 0 Å². The molecule has 1 amide bonds. The molecule has 3 N–H and O–H groups in total. The van der Waals surface area contributed by atoms with Gasteiger partial charge in [0.1, 0.15) is 0 Å². The van der Waals surface area contributed by atoms with Crippen LogP contribution in [0.15, 0.2) is 12.2 Å². The molecule has 0 unspecified atom stereocenters. The summed E-state index contributed by atoms with van der Waals surface area (Å²) in [6.07, 6.45) is 3.99. The molecule has 0 aromatic rings. The van der Waals surface area contributed by atoms with E-state index in [1.165, 1.54) is 0 Å². The normalized spacial score (nSPS) is 34.9. The molecule has 0 aromatic carbocycles. The van der Waals surface area contributed by atoms with Crippen LogP contribution < -0.4 is 15.0 Å². The number of hydrogen-bond acceptors (Lipinski definition) is 5. The van der Waals surface area contributed by atoms with Crippen LogP contribution in [0.25, 0.3) is 0 Å². The first kappa shape index (κ1) is 12.1. The number of carboxylic acid groups (broad SMARTS) is 1. The van der Waals surface area contributed by atoms with Gasteiger partial charge < -0.3 is 9.90 Å². The van der Waals surface area contributed by atoms with Crippen molar-refractivity contribution in [2.45, 2.75) is 6.42 Å². The number of fused-ring (bicyclic) bond motifs is 2. The highest BCUT2D eigenvalue weighted by Crippen LogP contribution is 2.47. The molecule has 0 spiro atoms. The molecule has 0 aromatic heterocycles. The van der Waals surface area contributed by atoms with Gasteiger partial charge in [-0.2, -0.15) is 8.42 Å². The van der Waals surface area contributed by atoms with Crippen LogP contribution in [0.1, 0.15) is 6.42 Å². The van der Waals surface area contributed by atoms with Crippen molar-refractivity contribution in [3.63, 3.8) is 0 Å². The van der Waals surface area contributed by atoms with Gasteiger partial charge in [-0.1, -0.05) is 12.2 Å². The molecule has 0 heterocycles. The van der Waals surface area contributed by atoms with Crippen LogP contribution in [0.3, 0.4) is 0 Å². The van der Waals surface area contributed by atoms with Crippen LogP contribution in [0.4, 0.5) is 0 Å². The third kappa shape index (κ3) is 2.18. The van der Waals surface area contributed by atoms with Crippen LogP contribution in [0, 0.1) is 23.7 Å². The molecule has 1 saturated carbocycles. The molecule has 17 heavy (non-hydrogen) atoms. The molecule has 94 valence electrons. The first-order chi connectivity index (χ1) is 7.79. The number of carbonyl (C=O) groups excluding carboxylic acids is 2. The number of nitrogens with one attached hydrogen (secondary N) is 1.